The van der Waals surface area contributed by atoms with E-state index < -0.39 is 11.4 Å². The van der Waals surface area contributed by atoms with Crippen LogP contribution >= 0.6 is 0 Å². The van der Waals surface area contributed by atoms with Crippen molar-refractivity contribution < 1.29 is 14.7 Å². The number of hydrogen-bond donors (Lipinski definition) is 2. The van der Waals surface area contributed by atoms with E-state index in [1.807, 2.05) is 18.2 Å². The van der Waals surface area contributed by atoms with E-state index in [1.165, 1.54) is 19.3 Å². The lowest BCUT2D eigenvalue weighted by atomic mass is 9.82. The lowest BCUT2D eigenvalue weighted by Gasteiger charge is -2.27. The van der Waals surface area contributed by atoms with Crippen LogP contribution in [0.4, 0.5) is 0 Å². The first kappa shape index (κ1) is 17.5. The molecule has 1 aliphatic carbocycles. The zero-order valence-electron chi connectivity index (χ0n) is 13.9. The standard InChI is InChI=1S/C19H27NO3/c1-19(18(22)23,16-12-8-5-9-13-16)14-20-17(21)15-10-6-3-2-4-7-11-15/h5,8-9,12-13,15H,2-4,6-7,10-11,14H2,1H3,(H,20,21)(H,22,23). The van der Waals surface area contributed by atoms with E-state index in [9.17, 15) is 14.7 Å². The molecule has 1 unspecified atom stereocenters. The van der Waals surface area contributed by atoms with E-state index >= 15 is 0 Å². The molecular formula is C19H27NO3. The maximum Gasteiger partial charge on any atom is 0.315 e. The fraction of sp³-hybridized carbons (Fsp3) is 0.579. The Balaban J connectivity index is 2.01. The summed E-state index contributed by atoms with van der Waals surface area (Å²) < 4.78 is 0. The van der Waals surface area contributed by atoms with Crippen LogP contribution in [0, 0.1) is 5.92 Å². The molecule has 2 N–H and O–H groups in total. The van der Waals surface area contributed by atoms with Crippen molar-refractivity contribution >= 4 is 11.9 Å². The Morgan fingerprint density at radius 3 is 2.22 bits per heavy atom. The van der Waals surface area contributed by atoms with Crippen LogP contribution in [0.5, 0.6) is 0 Å². The van der Waals surface area contributed by atoms with Crippen molar-refractivity contribution in [3.63, 3.8) is 0 Å². The van der Waals surface area contributed by atoms with Crippen LogP contribution in [0.25, 0.3) is 0 Å². The number of nitrogens with one attached hydrogen (secondary N) is 1. The Morgan fingerprint density at radius 2 is 1.65 bits per heavy atom. The van der Waals surface area contributed by atoms with Crippen LogP contribution < -0.4 is 5.32 Å². The summed E-state index contributed by atoms with van der Waals surface area (Å²) in [6.45, 7) is 1.80. The molecule has 0 aliphatic heterocycles. The molecule has 0 heterocycles. The minimum Gasteiger partial charge on any atom is -0.481 e. The van der Waals surface area contributed by atoms with Gasteiger partial charge in [-0.2, -0.15) is 0 Å². The van der Waals surface area contributed by atoms with E-state index in [4.69, 9.17) is 0 Å². The Kier molecular flexibility index (Phi) is 6.20. The number of carbonyl (C=O) groups excluding carboxylic acids is 1. The minimum atomic E-state index is -1.10. The molecule has 23 heavy (non-hydrogen) atoms. The first-order valence-electron chi connectivity index (χ1n) is 8.60. The van der Waals surface area contributed by atoms with Gasteiger partial charge in [0.2, 0.25) is 5.91 Å². The Hall–Kier alpha value is -1.84. The number of aliphatic carboxylic acids is 1. The zero-order valence-corrected chi connectivity index (χ0v) is 13.9. The van der Waals surface area contributed by atoms with Crippen molar-refractivity contribution in [1.29, 1.82) is 0 Å². The summed E-state index contributed by atoms with van der Waals surface area (Å²) in [6.07, 6.45) is 7.67. The van der Waals surface area contributed by atoms with E-state index in [1.54, 1.807) is 19.1 Å². The average Bonchev–Trinajstić information content (AvgIpc) is 2.52. The maximum atomic E-state index is 12.5. The number of carboxylic acids is 1. The SMILES string of the molecule is CC(CNC(=O)C1CCCCCCC1)(C(=O)O)c1ccccc1. The number of benzene rings is 1. The van der Waals surface area contributed by atoms with Gasteiger partial charge < -0.3 is 10.4 Å². The lowest BCUT2D eigenvalue weighted by Crippen LogP contribution is -2.46. The van der Waals surface area contributed by atoms with Crippen LogP contribution in [-0.2, 0) is 15.0 Å². The van der Waals surface area contributed by atoms with Gasteiger partial charge in [-0.3, -0.25) is 9.59 Å². The molecule has 1 aromatic rings. The molecule has 4 heteroatoms. The second-order valence-electron chi connectivity index (χ2n) is 6.76. The van der Waals surface area contributed by atoms with Gasteiger partial charge in [-0.05, 0) is 25.3 Å². The molecule has 2 rings (SSSR count). The van der Waals surface area contributed by atoms with Gasteiger partial charge in [-0.25, -0.2) is 0 Å². The Labute approximate surface area is 138 Å². The third kappa shape index (κ3) is 4.57. The number of rotatable bonds is 5. The number of amides is 1. The van der Waals surface area contributed by atoms with Gasteiger partial charge in [0.25, 0.3) is 0 Å². The van der Waals surface area contributed by atoms with Gasteiger partial charge in [0, 0.05) is 12.5 Å². The fourth-order valence-electron chi connectivity index (χ4n) is 3.23. The largest absolute Gasteiger partial charge is 0.481 e. The zero-order chi connectivity index (χ0) is 16.7. The molecule has 0 aromatic heterocycles. The molecule has 1 aromatic carbocycles. The van der Waals surface area contributed by atoms with Gasteiger partial charge in [0.05, 0.1) is 0 Å². The molecule has 1 atom stereocenters. The van der Waals surface area contributed by atoms with E-state index in [2.05, 4.69) is 5.32 Å². The highest BCUT2D eigenvalue weighted by Gasteiger charge is 2.36. The minimum absolute atomic E-state index is 0.00954. The monoisotopic (exact) mass is 317 g/mol. The first-order chi connectivity index (χ1) is 11.0. The van der Waals surface area contributed by atoms with Gasteiger partial charge in [-0.1, -0.05) is 62.4 Å². The molecule has 0 saturated heterocycles. The van der Waals surface area contributed by atoms with Crippen LogP contribution in [0.3, 0.4) is 0 Å². The van der Waals surface area contributed by atoms with Crippen LogP contribution in [0.1, 0.15) is 57.4 Å². The van der Waals surface area contributed by atoms with Crippen LogP contribution in [0.2, 0.25) is 0 Å². The van der Waals surface area contributed by atoms with E-state index in [-0.39, 0.29) is 18.4 Å². The Bertz CT molecular complexity index is 521. The van der Waals surface area contributed by atoms with Crippen LogP contribution in [-0.4, -0.2) is 23.5 Å². The summed E-state index contributed by atoms with van der Waals surface area (Å²) in [7, 11) is 0. The molecular weight excluding hydrogens is 290 g/mol. The summed E-state index contributed by atoms with van der Waals surface area (Å²) in [5.41, 5.74) is -0.385. The van der Waals surface area contributed by atoms with E-state index in [0.717, 1.165) is 25.7 Å². The average molecular weight is 317 g/mol. The van der Waals surface area contributed by atoms with Gasteiger partial charge in [0.15, 0.2) is 0 Å². The molecule has 0 spiro atoms. The topological polar surface area (TPSA) is 66.4 Å². The predicted octanol–water partition coefficient (Wildman–Crippen LogP) is 3.51. The molecule has 126 valence electrons. The third-order valence-electron chi connectivity index (χ3n) is 4.98. The van der Waals surface area contributed by atoms with Gasteiger partial charge >= 0.3 is 5.97 Å². The van der Waals surface area contributed by atoms with Crippen molar-refractivity contribution in [3.8, 4) is 0 Å². The quantitative estimate of drug-likeness (QED) is 0.873. The maximum absolute atomic E-state index is 12.5. The summed E-state index contributed by atoms with van der Waals surface area (Å²) in [6, 6.07) is 9.12. The molecule has 0 bridgehead atoms. The highest BCUT2D eigenvalue weighted by Crippen LogP contribution is 2.25. The first-order valence-corrected chi connectivity index (χ1v) is 8.60. The molecule has 0 radical (unpaired) electrons. The highest BCUT2D eigenvalue weighted by molar-refractivity contribution is 5.84. The normalized spacial score (nSPS) is 19.2. The smallest absolute Gasteiger partial charge is 0.315 e. The molecule has 1 fully saturated rings. The highest BCUT2D eigenvalue weighted by atomic mass is 16.4. The van der Waals surface area contributed by atoms with Gasteiger partial charge in [0.1, 0.15) is 5.41 Å². The summed E-state index contributed by atoms with van der Waals surface area (Å²) in [5, 5.41) is 12.5. The van der Waals surface area contributed by atoms with Crippen molar-refractivity contribution in [3.05, 3.63) is 35.9 Å². The second kappa shape index (κ2) is 8.14. The summed E-state index contributed by atoms with van der Waals surface area (Å²) in [5.74, 6) is -0.874. The molecule has 1 aliphatic rings. The molecule has 1 amide bonds. The third-order valence-corrected chi connectivity index (χ3v) is 4.98. The molecule has 1 saturated carbocycles. The fourth-order valence-corrected chi connectivity index (χ4v) is 3.23. The van der Waals surface area contributed by atoms with Crippen LogP contribution in [0.15, 0.2) is 30.3 Å². The van der Waals surface area contributed by atoms with E-state index in [0.29, 0.717) is 5.56 Å². The van der Waals surface area contributed by atoms with Gasteiger partial charge in [-0.15, -0.1) is 0 Å². The van der Waals surface area contributed by atoms with Crippen molar-refractivity contribution in [2.75, 3.05) is 6.54 Å². The molecule has 4 nitrogen and oxygen atoms in total. The lowest BCUT2D eigenvalue weighted by molar-refractivity contribution is -0.143. The number of hydrogen-bond acceptors (Lipinski definition) is 2. The number of carboxylic acid groups (broad SMARTS) is 1. The second-order valence-corrected chi connectivity index (χ2v) is 6.76. The van der Waals surface area contributed by atoms with Crippen molar-refractivity contribution in [2.24, 2.45) is 5.92 Å². The number of carbonyl (C=O) groups is 2. The summed E-state index contributed by atoms with van der Waals surface area (Å²) >= 11 is 0. The Morgan fingerprint density at radius 1 is 1.09 bits per heavy atom. The van der Waals surface area contributed by atoms with Crippen molar-refractivity contribution in [1.82, 2.24) is 5.32 Å². The predicted molar refractivity (Wildman–Crippen MR) is 90.2 cm³/mol. The van der Waals surface area contributed by atoms with Crippen molar-refractivity contribution in [2.45, 2.75) is 57.3 Å². The summed E-state index contributed by atoms with van der Waals surface area (Å²) in [4.78, 5) is 24.2.